The van der Waals surface area contributed by atoms with Gasteiger partial charge >= 0.3 is 0 Å². The molecule has 0 aliphatic heterocycles. The second-order valence-electron chi connectivity index (χ2n) is 5.95. The zero-order valence-electron chi connectivity index (χ0n) is 12.2. The van der Waals surface area contributed by atoms with Gasteiger partial charge in [-0.05, 0) is 25.2 Å². The zero-order chi connectivity index (χ0) is 13.9. The molecule has 0 spiro atoms. The Morgan fingerprint density at radius 3 is 2.58 bits per heavy atom. The van der Waals surface area contributed by atoms with Gasteiger partial charge in [-0.25, -0.2) is 0 Å². The van der Waals surface area contributed by atoms with Crippen molar-refractivity contribution in [3.63, 3.8) is 0 Å². The lowest BCUT2D eigenvalue weighted by Gasteiger charge is -2.32. The van der Waals surface area contributed by atoms with E-state index in [1.165, 1.54) is 6.42 Å². The summed E-state index contributed by atoms with van der Waals surface area (Å²) in [5, 5.41) is 4.12. The second-order valence-corrected chi connectivity index (χ2v) is 5.95. The molecule has 0 saturated heterocycles. The van der Waals surface area contributed by atoms with Crippen LogP contribution in [-0.2, 0) is 10.3 Å². The summed E-state index contributed by atoms with van der Waals surface area (Å²) in [6.07, 6.45) is 6.32. The molecule has 1 aliphatic rings. The molecule has 1 heterocycles. The first kappa shape index (κ1) is 14.5. The lowest BCUT2D eigenvalue weighted by molar-refractivity contribution is -0.0527. The lowest BCUT2D eigenvalue weighted by atomic mass is 9.84. The van der Waals surface area contributed by atoms with E-state index >= 15 is 0 Å². The van der Waals surface area contributed by atoms with Gasteiger partial charge < -0.3 is 15.0 Å². The van der Waals surface area contributed by atoms with E-state index in [1.54, 1.807) is 7.11 Å². The van der Waals surface area contributed by atoms with E-state index in [1.807, 2.05) is 0 Å². The Labute approximate surface area is 114 Å². The van der Waals surface area contributed by atoms with Crippen LogP contribution in [0.1, 0.15) is 70.1 Å². The minimum atomic E-state index is -0.364. The molecule has 19 heavy (non-hydrogen) atoms. The molecular formula is C14H25N3O2. The molecule has 1 fully saturated rings. The van der Waals surface area contributed by atoms with Crippen LogP contribution in [0.2, 0.25) is 0 Å². The standard InChI is InChI=1S/C14H25N3O2/c1-10(2)9-11(15)12-16-13(17-19-12)14(18-3)7-5-4-6-8-14/h10-11H,4-9,15H2,1-3H3/t11-/m1/s1. The van der Waals surface area contributed by atoms with Crippen LogP contribution in [0.25, 0.3) is 0 Å². The zero-order valence-corrected chi connectivity index (χ0v) is 12.2. The third-order valence-electron chi connectivity index (χ3n) is 3.94. The molecule has 0 unspecified atom stereocenters. The number of rotatable bonds is 5. The van der Waals surface area contributed by atoms with Crippen molar-refractivity contribution in [2.75, 3.05) is 7.11 Å². The molecule has 5 heteroatoms. The number of nitrogens with zero attached hydrogens (tertiary/aromatic N) is 2. The van der Waals surface area contributed by atoms with Gasteiger partial charge in [0.15, 0.2) is 0 Å². The summed E-state index contributed by atoms with van der Waals surface area (Å²) in [6, 6.07) is -0.182. The molecular weight excluding hydrogens is 242 g/mol. The molecule has 0 radical (unpaired) electrons. The van der Waals surface area contributed by atoms with Gasteiger partial charge in [0, 0.05) is 7.11 Å². The van der Waals surface area contributed by atoms with E-state index < -0.39 is 0 Å². The van der Waals surface area contributed by atoms with Crippen LogP contribution in [0.5, 0.6) is 0 Å². The van der Waals surface area contributed by atoms with Gasteiger partial charge in [-0.3, -0.25) is 0 Å². The van der Waals surface area contributed by atoms with Gasteiger partial charge in [0.1, 0.15) is 5.60 Å². The summed E-state index contributed by atoms with van der Waals surface area (Å²) in [4.78, 5) is 4.50. The number of nitrogens with two attached hydrogens (primary N) is 1. The molecule has 1 aromatic heterocycles. The van der Waals surface area contributed by atoms with Crippen molar-refractivity contribution < 1.29 is 9.26 Å². The topological polar surface area (TPSA) is 74.2 Å². The number of hydrogen-bond donors (Lipinski definition) is 1. The maximum absolute atomic E-state index is 6.09. The average Bonchev–Trinajstić information content (AvgIpc) is 2.89. The summed E-state index contributed by atoms with van der Waals surface area (Å²) < 4.78 is 11.1. The van der Waals surface area contributed by atoms with Crippen molar-refractivity contribution in [2.24, 2.45) is 11.7 Å². The fourth-order valence-electron chi connectivity index (χ4n) is 2.82. The van der Waals surface area contributed by atoms with Crippen LogP contribution in [0.3, 0.4) is 0 Å². The van der Waals surface area contributed by atoms with Crippen molar-refractivity contribution in [1.82, 2.24) is 10.1 Å². The Morgan fingerprint density at radius 1 is 1.32 bits per heavy atom. The summed E-state index contributed by atoms with van der Waals surface area (Å²) >= 11 is 0. The normalized spacial score (nSPS) is 20.7. The van der Waals surface area contributed by atoms with E-state index in [-0.39, 0.29) is 11.6 Å². The van der Waals surface area contributed by atoms with Gasteiger partial charge in [0.25, 0.3) is 0 Å². The van der Waals surface area contributed by atoms with Gasteiger partial charge in [-0.15, -0.1) is 0 Å². The molecule has 108 valence electrons. The van der Waals surface area contributed by atoms with Crippen molar-refractivity contribution >= 4 is 0 Å². The van der Waals surface area contributed by atoms with Gasteiger partial charge in [-0.1, -0.05) is 38.3 Å². The molecule has 2 rings (SSSR count). The highest BCUT2D eigenvalue weighted by atomic mass is 16.5. The van der Waals surface area contributed by atoms with Gasteiger partial charge in [0.05, 0.1) is 6.04 Å². The third kappa shape index (κ3) is 3.15. The van der Waals surface area contributed by atoms with Crippen molar-refractivity contribution in [2.45, 2.75) is 64.0 Å². The van der Waals surface area contributed by atoms with Crippen LogP contribution in [0.4, 0.5) is 0 Å². The molecule has 5 nitrogen and oxygen atoms in total. The first-order chi connectivity index (χ1) is 9.07. The molecule has 0 bridgehead atoms. The van der Waals surface area contributed by atoms with E-state index in [4.69, 9.17) is 15.0 Å². The number of ether oxygens (including phenoxy) is 1. The maximum atomic E-state index is 6.09. The minimum absolute atomic E-state index is 0.182. The molecule has 1 atom stereocenters. The second kappa shape index (κ2) is 6.01. The highest BCUT2D eigenvalue weighted by molar-refractivity contribution is 5.04. The van der Waals surface area contributed by atoms with Crippen molar-refractivity contribution in [3.8, 4) is 0 Å². The van der Waals surface area contributed by atoms with Crippen LogP contribution < -0.4 is 5.73 Å². The predicted octanol–water partition coefficient (Wildman–Crippen LogP) is 2.92. The average molecular weight is 267 g/mol. The first-order valence-electron chi connectivity index (χ1n) is 7.22. The molecule has 1 saturated carbocycles. The van der Waals surface area contributed by atoms with Crippen LogP contribution in [0, 0.1) is 5.92 Å². The largest absolute Gasteiger partial charge is 0.370 e. The highest BCUT2D eigenvalue weighted by Gasteiger charge is 2.38. The van der Waals surface area contributed by atoms with Crippen LogP contribution >= 0.6 is 0 Å². The van der Waals surface area contributed by atoms with E-state index in [9.17, 15) is 0 Å². The van der Waals surface area contributed by atoms with Crippen molar-refractivity contribution in [1.29, 1.82) is 0 Å². The third-order valence-corrected chi connectivity index (χ3v) is 3.94. The SMILES string of the molecule is COC1(c2noc([C@H](N)CC(C)C)n2)CCCCC1. The Balaban J connectivity index is 2.14. The number of hydrogen-bond acceptors (Lipinski definition) is 5. The Hall–Kier alpha value is -0.940. The smallest absolute Gasteiger partial charge is 0.243 e. The Kier molecular flexibility index (Phi) is 4.58. The Bertz CT molecular complexity index is 397. The van der Waals surface area contributed by atoms with Gasteiger partial charge in [-0.2, -0.15) is 4.98 Å². The van der Waals surface area contributed by atoms with Crippen molar-refractivity contribution in [3.05, 3.63) is 11.7 Å². The van der Waals surface area contributed by atoms with Crippen LogP contribution in [0.15, 0.2) is 4.52 Å². The first-order valence-corrected chi connectivity index (χ1v) is 7.22. The van der Waals surface area contributed by atoms with Gasteiger partial charge in [0.2, 0.25) is 11.7 Å². The van der Waals surface area contributed by atoms with Crippen LogP contribution in [-0.4, -0.2) is 17.3 Å². The fraction of sp³-hybridized carbons (Fsp3) is 0.857. The summed E-state index contributed by atoms with van der Waals surface area (Å²) in [6.45, 7) is 4.27. The quantitative estimate of drug-likeness (QED) is 0.887. The summed E-state index contributed by atoms with van der Waals surface area (Å²) in [7, 11) is 1.73. The highest BCUT2D eigenvalue weighted by Crippen LogP contribution is 2.38. The summed E-state index contributed by atoms with van der Waals surface area (Å²) in [5.74, 6) is 1.71. The molecule has 0 aromatic carbocycles. The monoisotopic (exact) mass is 267 g/mol. The number of methoxy groups -OCH3 is 1. The summed E-state index contributed by atoms with van der Waals surface area (Å²) in [5.41, 5.74) is 5.72. The van der Waals surface area contributed by atoms with E-state index in [0.717, 1.165) is 32.1 Å². The molecule has 0 amide bonds. The molecule has 1 aliphatic carbocycles. The fourth-order valence-corrected chi connectivity index (χ4v) is 2.82. The molecule has 2 N–H and O–H groups in total. The van der Waals surface area contributed by atoms with E-state index in [0.29, 0.717) is 17.6 Å². The number of aromatic nitrogens is 2. The molecule has 1 aromatic rings. The Morgan fingerprint density at radius 2 is 2.00 bits per heavy atom. The predicted molar refractivity (Wildman–Crippen MR) is 72.5 cm³/mol. The maximum Gasteiger partial charge on any atom is 0.243 e. The minimum Gasteiger partial charge on any atom is -0.370 e. The lowest BCUT2D eigenvalue weighted by Crippen LogP contribution is -2.32. The van der Waals surface area contributed by atoms with E-state index in [2.05, 4.69) is 24.0 Å².